The Labute approximate surface area is 99.1 Å². The van der Waals surface area contributed by atoms with Crippen LogP contribution in [0.1, 0.15) is 18.0 Å². The van der Waals surface area contributed by atoms with Gasteiger partial charge in [0.1, 0.15) is 0 Å². The smallest absolute Gasteiger partial charge is 0.0449 e. The monoisotopic (exact) mass is 269 g/mol. The minimum absolute atomic E-state index is 0.182. The van der Waals surface area contributed by atoms with Crippen molar-refractivity contribution in [1.29, 1.82) is 0 Å². The van der Waals surface area contributed by atoms with E-state index < -0.39 is 0 Å². The van der Waals surface area contributed by atoms with E-state index in [1.54, 1.807) is 0 Å². The number of benzene rings is 1. The molecule has 0 bridgehead atoms. The van der Waals surface area contributed by atoms with E-state index in [0.29, 0.717) is 13.0 Å². The fraction of sp³-hybridized carbons (Fsp3) is 0.333. The second kappa shape index (κ2) is 6.77. The number of nitrogens with one attached hydrogen (secondary N) is 1. The maximum Gasteiger partial charge on any atom is 0.0449 e. The summed E-state index contributed by atoms with van der Waals surface area (Å²) in [6.07, 6.45) is 0.713. The van der Waals surface area contributed by atoms with E-state index in [1.807, 2.05) is 18.2 Å². The van der Waals surface area contributed by atoms with Crippen LogP contribution >= 0.6 is 15.9 Å². The molecule has 2 nitrogen and oxygen atoms in total. The van der Waals surface area contributed by atoms with Crippen LogP contribution in [0.4, 0.5) is 0 Å². The van der Waals surface area contributed by atoms with Crippen molar-refractivity contribution in [1.82, 2.24) is 5.32 Å². The highest BCUT2D eigenvalue weighted by Crippen LogP contribution is 2.16. The summed E-state index contributed by atoms with van der Waals surface area (Å²) in [5, 5.41) is 12.3. The van der Waals surface area contributed by atoms with Crippen molar-refractivity contribution >= 4 is 15.9 Å². The van der Waals surface area contributed by atoms with Gasteiger partial charge in [-0.3, -0.25) is 0 Å². The third kappa shape index (κ3) is 4.60. The van der Waals surface area contributed by atoms with Gasteiger partial charge in [0.15, 0.2) is 0 Å². The lowest BCUT2D eigenvalue weighted by Gasteiger charge is -2.17. The lowest BCUT2D eigenvalue weighted by molar-refractivity contribution is 0.267. The van der Waals surface area contributed by atoms with E-state index in [1.165, 1.54) is 5.56 Å². The molecule has 1 unspecified atom stereocenters. The molecule has 2 N–H and O–H groups in total. The summed E-state index contributed by atoms with van der Waals surface area (Å²) in [6.45, 7) is 4.66. The summed E-state index contributed by atoms with van der Waals surface area (Å²) in [5.41, 5.74) is 1.19. The summed E-state index contributed by atoms with van der Waals surface area (Å²) < 4.78 is 0.918. The molecule has 3 heteroatoms. The number of aliphatic hydroxyl groups is 1. The van der Waals surface area contributed by atoms with Gasteiger partial charge < -0.3 is 10.4 Å². The highest BCUT2D eigenvalue weighted by atomic mass is 79.9. The molecular formula is C12H16BrNO. The largest absolute Gasteiger partial charge is 0.396 e. The molecule has 82 valence electrons. The first kappa shape index (κ1) is 12.4. The first-order valence-corrected chi connectivity index (χ1v) is 5.76. The summed E-state index contributed by atoms with van der Waals surface area (Å²) in [4.78, 5) is 0. The SMILES string of the molecule is C=C(Br)CNC(CCO)c1ccccc1. The van der Waals surface area contributed by atoms with Gasteiger partial charge in [0, 0.05) is 23.7 Å². The normalized spacial score (nSPS) is 12.4. The Morgan fingerprint density at radius 2 is 2.07 bits per heavy atom. The zero-order chi connectivity index (χ0) is 11.1. The fourth-order valence-corrected chi connectivity index (χ4v) is 1.60. The molecule has 0 saturated carbocycles. The van der Waals surface area contributed by atoms with Gasteiger partial charge in [-0.25, -0.2) is 0 Å². The number of aliphatic hydroxyl groups excluding tert-OH is 1. The lowest BCUT2D eigenvalue weighted by atomic mass is 10.0. The lowest BCUT2D eigenvalue weighted by Crippen LogP contribution is -2.23. The Hall–Kier alpha value is -0.640. The fourth-order valence-electron chi connectivity index (χ4n) is 1.43. The molecule has 0 radical (unpaired) electrons. The Morgan fingerprint density at radius 3 is 2.60 bits per heavy atom. The second-order valence-electron chi connectivity index (χ2n) is 3.37. The predicted octanol–water partition coefficient (Wildman–Crippen LogP) is 2.61. The molecule has 0 aliphatic heterocycles. The standard InChI is InChI=1S/C12H16BrNO/c1-10(13)9-14-12(7-8-15)11-5-3-2-4-6-11/h2-6,12,14-15H,1,7-9H2. The molecule has 0 spiro atoms. The van der Waals surface area contributed by atoms with Gasteiger partial charge in [0.25, 0.3) is 0 Å². The molecule has 0 aliphatic rings. The van der Waals surface area contributed by atoms with E-state index in [2.05, 4.69) is 40.0 Å². The van der Waals surface area contributed by atoms with Gasteiger partial charge in [0.05, 0.1) is 0 Å². The number of rotatable bonds is 6. The second-order valence-corrected chi connectivity index (χ2v) is 4.50. The third-order valence-corrected chi connectivity index (χ3v) is 2.44. The van der Waals surface area contributed by atoms with Gasteiger partial charge in [-0.15, -0.1) is 0 Å². The Balaban J connectivity index is 2.61. The molecule has 1 aromatic carbocycles. The van der Waals surface area contributed by atoms with Crippen LogP contribution in [-0.4, -0.2) is 18.3 Å². The zero-order valence-electron chi connectivity index (χ0n) is 8.62. The summed E-state index contributed by atoms with van der Waals surface area (Å²) >= 11 is 3.31. The minimum Gasteiger partial charge on any atom is -0.396 e. The van der Waals surface area contributed by atoms with Crippen LogP contribution in [0.5, 0.6) is 0 Å². The molecule has 0 aromatic heterocycles. The Morgan fingerprint density at radius 1 is 1.40 bits per heavy atom. The van der Waals surface area contributed by atoms with E-state index in [-0.39, 0.29) is 12.6 Å². The average Bonchev–Trinajstić information content (AvgIpc) is 2.25. The van der Waals surface area contributed by atoms with E-state index in [9.17, 15) is 0 Å². The maximum atomic E-state index is 8.99. The van der Waals surface area contributed by atoms with Crippen LogP contribution in [0.25, 0.3) is 0 Å². The van der Waals surface area contributed by atoms with Crippen molar-refractivity contribution in [3.05, 3.63) is 47.0 Å². The molecule has 1 aromatic rings. The van der Waals surface area contributed by atoms with Crippen LogP contribution in [0.2, 0.25) is 0 Å². The summed E-state index contributed by atoms with van der Waals surface area (Å²) in [7, 11) is 0. The van der Waals surface area contributed by atoms with Crippen molar-refractivity contribution in [2.45, 2.75) is 12.5 Å². The minimum atomic E-state index is 0.182. The van der Waals surface area contributed by atoms with Crippen LogP contribution in [0.15, 0.2) is 41.4 Å². The van der Waals surface area contributed by atoms with Crippen LogP contribution in [0.3, 0.4) is 0 Å². The van der Waals surface area contributed by atoms with Gasteiger partial charge in [-0.2, -0.15) is 0 Å². The summed E-state index contributed by atoms with van der Waals surface area (Å²) in [5.74, 6) is 0. The quantitative estimate of drug-likeness (QED) is 0.832. The predicted molar refractivity (Wildman–Crippen MR) is 67.0 cm³/mol. The topological polar surface area (TPSA) is 32.3 Å². The van der Waals surface area contributed by atoms with Crippen LogP contribution in [0, 0.1) is 0 Å². The molecule has 0 saturated heterocycles. The first-order chi connectivity index (χ1) is 7.24. The zero-order valence-corrected chi connectivity index (χ0v) is 10.2. The Bertz CT molecular complexity index is 300. The van der Waals surface area contributed by atoms with Crippen molar-refractivity contribution in [3.8, 4) is 0 Å². The summed E-state index contributed by atoms with van der Waals surface area (Å²) in [6, 6.07) is 10.3. The molecule has 0 fully saturated rings. The molecule has 1 atom stereocenters. The number of halogens is 1. The van der Waals surface area contributed by atoms with Gasteiger partial charge in [-0.05, 0) is 12.0 Å². The number of hydrogen-bond donors (Lipinski definition) is 2. The van der Waals surface area contributed by atoms with Gasteiger partial charge in [-0.1, -0.05) is 52.8 Å². The van der Waals surface area contributed by atoms with E-state index >= 15 is 0 Å². The van der Waals surface area contributed by atoms with Crippen molar-refractivity contribution in [3.63, 3.8) is 0 Å². The molecule has 0 amide bonds. The highest BCUT2D eigenvalue weighted by molar-refractivity contribution is 9.11. The third-order valence-electron chi connectivity index (χ3n) is 2.16. The van der Waals surface area contributed by atoms with Gasteiger partial charge in [0.2, 0.25) is 0 Å². The van der Waals surface area contributed by atoms with Crippen LogP contribution in [-0.2, 0) is 0 Å². The van der Waals surface area contributed by atoms with Crippen molar-refractivity contribution in [2.75, 3.05) is 13.2 Å². The molecular weight excluding hydrogens is 254 g/mol. The van der Waals surface area contributed by atoms with E-state index in [4.69, 9.17) is 5.11 Å². The molecule has 0 aliphatic carbocycles. The molecule has 1 rings (SSSR count). The highest BCUT2D eigenvalue weighted by Gasteiger charge is 2.09. The van der Waals surface area contributed by atoms with Gasteiger partial charge >= 0.3 is 0 Å². The Kier molecular flexibility index (Phi) is 5.61. The first-order valence-electron chi connectivity index (χ1n) is 4.96. The maximum absolute atomic E-state index is 8.99. The van der Waals surface area contributed by atoms with Crippen molar-refractivity contribution in [2.24, 2.45) is 0 Å². The molecule has 15 heavy (non-hydrogen) atoms. The number of hydrogen-bond acceptors (Lipinski definition) is 2. The molecule has 0 heterocycles. The van der Waals surface area contributed by atoms with Crippen molar-refractivity contribution < 1.29 is 5.11 Å². The van der Waals surface area contributed by atoms with E-state index in [0.717, 1.165) is 4.48 Å². The van der Waals surface area contributed by atoms with Crippen LogP contribution < -0.4 is 5.32 Å². The average molecular weight is 270 g/mol.